The quantitative estimate of drug-likeness (QED) is 0.881. The number of halogens is 3. The highest BCUT2D eigenvalue weighted by Gasteiger charge is 2.20. The van der Waals surface area contributed by atoms with E-state index in [-0.39, 0.29) is 5.82 Å². The first kappa shape index (κ1) is 15.1. The van der Waals surface area contributed by atoms with Gasteiger partial charge >= 0.3 is 0 Å². The van der Waals surface area contributed by atoms with Crippen LogP contribution in [0.15, 0.2) is 41.1 Å². The van der Waals surface area contributed by atoms with E-state index in [1.807, 2.05) is 6.92 Å². The zero-order valence-electron chi connectivity index (χ0n) is 11.0. The van der Waals surface area contributed by atoms with Crippen LogP contribution < -0.4 is 5.32 Å². The van der Waals surface area contributed by atoms with Crippen molar-refractivity contribution < 1.29 is 8.78 Å². The van der Waals surface area contributed by atoms with Crippen LogP contribution >= 0.6 is 15.9 Å². The van der Waals surface area contributed by atoms with Gasteiger partial charge in [0.25, 0.3) is 0 Å². The molecule has 5 heteroatoms. The molecule has 106 valence electrons. The number of nitrogens with one attached hydrogen (secondary N) is 1. The Balaban J connectivity index is 2.47. The van der Waals surface area contributed by atoms with Crippen molar-refractivity contribution in [3.05, 3.63) is 63.9 Å². The van der Waals surface area contributed by atoms with Crippen LogP contribution in [0.2, 0.25) is 0 Å². The second-order valence-corrected chi connectivity index (χ2v) is 5.22. The average molecular weight is 341 g/mol. The Bertz CT molecular complexity index is 590. The summed E-state index contributed by atoms with van der Waals surface area (Å²) in [5.41, 5.74) is 1.13. The fraction of sp³-hybridized carbons (Fsp3) is 0.267. The number of hydrogen-bond donors (Lipinski definition) is 1. The topological polar surface area (TPSA) is 24.9 Å². The maximum absolute atomic E-state index is 14.0. The average Bonchev–Trinajstić information content (AvgIpc) is 2.45. The summed E-state index contributed by atoms with van der Waals surface area (Å²) in [7, 11) is 0. The Labute approximate surface area is 125 Å². The molecule has 2 rings (SSSR count). The van der Waals surface area contributed by atoms with E-state index >= 15 is 0 Å². The second-order valence-electron chi connectivity index (χ2n) is 4.43. The molecule has 0 aliphatic rings. The van der Waals surface area contributed by atoms with Crippen LogP contribution in [-0.4, -0.2) is 11.5 Å². The fourth-order valence-corrected chi connectivity index (χ4v) is 2.53. The Hall–Kier alpha value is -1.33. The van der Waals surface area contributed by atoms with Gasteiger partial charge in [0, 0.05) is 11.8 Å². The summed E-state index contributed by atoms with van der Waals surface area (Å²) in [5, 5.41) is 3.25. The molecular weight excluding hydrogens is 326 g/mol. The maximum atomic E-state index is 14.0. The zero-order valence-corrected chi connectivity index (χ0v) is 12.6. The molecule has 1 aromatic carbocycles. The highest BCUT2D eigenvalue weighted by molar-refractivity contribution is 9.10. The van der Waals surface area contributed by atoms with Crippen molar-refractivity contribution in [1.29, 1.82) is 0 Å². The fourth-order valence-electron chi connectivity index (χ4n) is 2.04. The monoisotopic (exact) mass is 340 g/mol. The molecule has 2 nitrogen and oxygen atoms in total. The van der Waals surface area contributed by atoms with E-state index in [0.29, 0.717) is 22.1 Å². The van der Waals surface area contributed by atoms with E-state index in [2.05, 4.69) is 26.2 Å². The van der Waals surface area contributed by atoms with Gasteiger partial charge in [-0.25, -0.2) is 8.78 Å². The SMILES string of the molecule is CCCNC(c1ccncc1F)c1cccc(F)c1Br. The van der Waals surface area contributed by atoms with Gasteiger partial charge in [-0.1, -0.05) is 19.1 Å². The van der Waals surface area contributed by atoms with E-state index in [4.69, 9.17) is 0 Å². The molecular formula is C15H15BrF2N2. The molecule has 0 amide bonds. The Morgan fingerprint density at radius 2 is 2.00 bits per heavy atom. The van der Waals surface area contributed by atoms with Gasteiger partial charge in [0.1, 0.15) is 11.6 Å². The summed E-state index contributed by atoms with van der Waals surface area (Å²) in [4.78, 5) is 3.75. The van der Waals surface area contributed by atoms with Crippen molar-refractivity contribution in [3.8, 4) is 0 Å². The summed E-state index contributed by atoms with van der Waals surface area (Å²) < 4.78 is 28.0. The standard InChI is InChI=1S/C15H15BrF2N2/c1-2-7-20-15(10-6-8-19-9-13(10)18)11-4-3-5-12(17)14(11)16/h3-6,8-9,15,20H,2,7H2,1H3. The van der Waals surface area contributed by atoms with Crippen LogP contribution in [0, 0.1) is 11.6 Å². The lowest BCUT2D eigenvalue weighted by Gasteiger charge is -2.21. The highest BCUT2D eigenvalue weighted by atomic mass is 79.9. The summed E-state index contributed by atoms with van der Waals surface area (Å²) in [6, 6.07) is 5.96. The third kappa shape index (κ3) is 3.22. The van der Waals surface area contributed by atoms with Crippen molar-refractivity contribution in [2.75, 3.05) is 6.54 Å². The van der Waals surface area contributed by atoms with Gasteiger partial charge in [-0.15, -0.1) is 0 Å². The van der Waals surface area contributed by atoms with E-state index in [9.17, 15) is 8.78 Å². The Kier molecular flexibility index (Phi) is 5.20. The molecule has 0 bridgehead atoms. The summed E-state index contributed by atoms with van der Waals surface area (Å²) in [5.74, 6) is -0.766. The molecule has 1 heterocycles. The van der Waals surface area contributed by atoms with Crippen molar-refractivity contribution >= 4 is 15.9 Å². The second kappa shape index (κ2) is 6.90. The van der Waals surface area contributed by atoms with Crippen LogP contribution in [-0.2, 0) is 0 Å². The van der Waals surface area contributed by atoms with Gasteiger partial charge in [0.2, 0.25) is 0 Å². The van der Waals surface area contributed by atoms with Crippen molar-refractivity contribution in [1.82, 2.24) is 10.3 Å². The molecule has 0 radical (unpaired) electrons. The minimum atomic E-state index is -0.414. The molecule has 1 unspecified atom stereocenters. The molecule has 0 aliphatic heterocycles. The molecule has 1 atom stereocenters. The number of hydrogen-bond acceptors (Lipinski definition) is 2. The molecule has 0 saturated carbocycles. The minimum Gasteiger partial charge on any atom is -0.306 e. The molecule has 1 aromatic heterocycles. The van der Waals surface area contributed by atoms with Crippen molar-refractivity contribution in [2.45, 2.75) is 19.4 Å². The first-order chi connectivity index (χ1) is 9.65. The molecule has 0 saturated heterocycles. The molecule has 1 N–H and O–H groups in total. The smallest absolute Gasteiger partial charge is 0.146 e. The molecule has 0 fully saturated rings. The molecule has 2 aromatic rings. The van der Waals surface area contributed by atoms with Gasteiger partial charge in [-0.3, -0.25) is 4.98 Å². The lowest BCUT2D eigenvalue weighted by atomic mass is 9.99. The van der Waals surface area contributed by atoms with E-state index in [0.717, 1.165) is 6.42 Å². The van der Waals surface area contributed by atoms with Crippen LogP contribution in [0.25, 0.3) is 0 Å². The normalized spacial score (nSPS) is 12.4. The van der Waals surface area contributed by atoms with Gasteiger partial charge in [0.15, 0.2) is 0 Å². The van der Waals surface area contributed by atoms with E-state index < -0.39 is 11.9 Å². The molecule has 0 aliphatic carbocycles. The lowest BCUT2D eigenvalue weighted by molar-refractivity contribution is 0.537. The summed E-state index contributed by atoms with van der Waals surface area (Å²) >= 11 is 3.24. The van der Waals surface area contributed by atoms with Gasteiger partial charge in [0.05, 0.1) is 16.7 Å². The zero-order chi connectivity index (χ0) is 14.5. The first-order valence-electron chi connectivity index (χ1n) is 6.41. The van der Waals surface area contributed by atoms with Crippen molar-refractivity contribution in [2.24, 2.45) is 0 Å². The highest BCUT2D eigenvalue weighted by Crippen LogP contribution is 2.31. The van der Waals surface area contributed by atoms with E-state index in [1.54, 1.807) is 18.2 Å². The largest absolute Gasteiger partial charge is 0.306 e. The number of rotatable bonds is 5. The Morgan fingerprint density at radius 1 is 1.20 bits per heavy atom. The van der Waals surface area contributed by atoms with E-state index in [1.165, 1.54) is 18.5 Å². The van der Waals surface area contributed by atoms with Crippen LogP contribution in [0.5, 0.6) is 0 Å². The predicted molar refractivity (Wildman–Crippen MR) is 78.4 cm³/mol. The molecule has 0 spiro atoms. The summed E-state index contributed by atoms with van der Waals surface area (Å²) in [6.45, 7) is 2.73. The van der Waals surface area contributed by atoms with Gasteiger partial charge < -0.3 is 5.32 Å². The Morgan fingerprint density at radius 3 is 2.70 bits per heavy atom. The number of aromatic nitrogens is 1. The van der Waals surface area contributed by atoms with Crippen LogP contribution in [0.3, 0.4) is 0 Å². The molecule has 20 heavy (non-hydrogen) atoms. The first-order valence-corrected chi connectivity index (χ1v) is 7.21. The summed E-state index contributed by atoms with van der Waals surface area (Å²) in [6.07, 6.45) is 3.60. The predicted octanol–water partition coefficient (Wildman–Crippen LogP) is 4.21. The maximum Gasteiger partial charge on any atom is 0.146 e. The van der Waals surface area contributed by atoms with Gasteiger partial charge in [-0.05, 0) is 46.6 Å². The third-order valence-electron chi connectivity index (χ3n) is 3.01. The van der Waals surface area contributed by atoms with Gasteiger partial charge in [-0.2, -0.15) is 0 Å². The van der Waals surface area contributed by atoms with Crippen LogP contribution in [0.4, 0.5) is 8.78 Å². The number of benzene rings is 1. The van der Waals surface area contributed by atoms with Crippen molar-refractivity contribution in [3.63, 3.8) is 0 Å². The number of pyridine rings is 1. The third-order valence-corrected chi connectivity index (χ3v) is 3.84. The lowest BCUT2D eigenvalue weighted by Crippen LogP contribution is -2.24. The van der Waals surface area contributed by atoms with Crippen LogP contribution in [0.1, 0.15) is 30.5 Å². The minimum absolute atomic E-state index is 0.352. The number of nitrogens with zero attached hydrogens (tertiary/aromatic N) is 1.